The molecule has 0 radical (unpaired) electrons. The van der Waals surface area contributed by atoms with E-state index < -0.39 is 0 Å². The Morgan fingerprint density at radius 3 is 1.57 bits per heavy atom. The summed E-state index contributed by atoms with van der Waals surface area (Å²) in [5.41, 5.74) is 12.9. The lowest BCUT2D eigenvalue weighted by molar-refractivity contribution is 1.28. The second-order valence-electron chi connectivity index (χ2n) is 13.7. The summed E-state index contributed by atoms with van der Waals surface area (Å²) in [6.07, 6.45) is 0. The topological polar surface area (TPSA) is 3.24 Å². The molecule has 0 atom stereocenters. The summed E-state index contributed by atoms with van der Waals surface area (Å²) in [5.74, 6) is 0. The molecule has 1 nitrogen and oxygen atoms in total. The van der Waals surface area contributed by atoms with Crippen LogP contribution >= 0.6 is 11.3 Å². The number of thiophene rings is 1. The molecular weight excluding hydrogens is 671 g/mol. The van der Waals surface area contributed by atoms with Crippen molar-refractivity contribution in [2.75, 3.05) is 4.90 Å². The number of hydrogen-bond acceptors (Lipinski definition) is 2. The van der Waals surface area contributed by atoms with Gasteiger partial charge in [-0.05, 0) is 110 Å². The summed E-state index contributed by atoms with van der Waals surface area (Å²) >= 11 is 1.87. The fraction of sp³-hybridized carbons (Fsp3) is 0. The lowest BCUT2D eigenvalue weighted by atomic mass is 9.92. The van der Waals surface area contributed by atoms with Crippen LogP contribution in [0.15, 0.2) is 212 Å². The monoisotopic (exact) mass is 705 g/mol. The van der Waals surface area contributed by atoms with Crippen LogP contribution in [0.25, 0.3) is 75.5 Å². The zero-order chi connectivity index (χ0) is 35.8. The van der Waals surface area contributed by atoms with Gasteiger partial charge in [-0.3, -0.25) is 0 Å². The summed E-state index contributed by atoms with van der Waals surface area (Å²) in [4.78, 5) is 2.41. The van der Waals surface area contributed by atoms with Crippen LogP contribution in [0.5, 0.6) is 0 Å². The molecule has 10 rings (SSSR count). The van der Waals surface area contributed by atoms with Gasteiger partial charge in [0.1, 0.15) is 0 Å². The highest BCUT2D eigenvalue weighted by Gasteiger charge is 2.20. The second-order valence-corrected chi connectivity index (χ2v) is 14.8. The van der Waals surface area contributed by atoms with Crippen molar-refractivity contribution in [1.29, 1.82) is 0 Å². The lowest BCUT2D eigenvalue weighted by Crippen LogP contribution is -2.11. The first-order valence-electron chi connectivity index (χ1n) is 18.4. The average molecular weight is 706 g/mol. The van der Waals surface area contributed by atoms with Gasteiger partial charge in [-0.15, -0.1) is 11.3 Å². The van der Waals surface area contributed by atoms with E-state index in [1.807, 2.05) is 11.3 Å². The number of para-hydroxylation sites is 1. The van der Waals surface area contributed by atoms with E-state index in [4.69, 9.17) is 0 Å². The maximum atomic E-state index is 2.41. The van der Waals surface area contributed by atoms with Crippen LogP contribution in [0.4, 0.5) is 17.1 Å². The third-order valence-electron chi connectivity index (χ3n) is 10.4. The molecule has 0 bridgehead atoms. The van der Waals surface area contributed by atoms with Crippen LogP contribution in [0.1, 0.15) is 0 Å². The minimum absolute atomic E-state index is 1.10. The largest absolute Gasteiger partial charge is 0.310 e. The zero-order valence-electron chi connectivity index (χ0n) is 29.6. The molecule has 1 aromatic heterocycles. The Balaban J connectivity index is 1.18. The Morgan fingerprint density at radius 1 is 0.296 bits per heavy atom. The molecule has 0 amide bonds. The molecule has 0 unspecified atom stereocenters. The number of anilines is 3. The summed E-state index contributed by atoms with van der Waals surface area (Å²) in [5, 5.41) is 5.18. The number of fused-ring (bicyclic) bond motifs is 4. The third kappa shape index (κ3) is 5.84. The van der Waals surface area contributed by atoms with Crippen molar-refractivity contribution >= 4 is 59.3 Å². The molecule has 1 heterocycles. The van der Waals surface area contributed by atoms with Crippen LogP contribution in [0, 0.1) is 0 Å². The Labute approximate surface area is 319 Å². The molecular formula is C52H35NS. The van der Waals surface area contributed by atoms with E-state index in [9.17, 15) is 0 Å². The molecule has 10 aromatic rings. The van der Waals surface area contributed by atoms with Gasteiger partial charge in [-0.25, -0.2) is 0 Å². The number of rotatable bonds is 7. The average Bonchev–Trinajstić information content (AvgIpc) is 3.61. The van der Waals surface area contributed by atoms with E-state index >= 15 is 0 Å². The van der Waals surface area contributed by atoms with Crippen molar-refractivity contribution in [3.8, 4) is 44.5 Å². The maximum absolute atomic E-state index is 2.41. The van der Waals surface area contributed by atoms with Crippen molar-refractivity contribution in [2.24, 2.45) is 0 Å². The van der Waals surface area contributed by atoms with Crippen LogP contribution in [-0.4, -0.2) is 0 Å². The predicted octanol–water partition coefficient (Wildman–Crippen LogP) is 15.3. The van der Waals surface area contributed by atoms with Gasteiger partial charge in [-0.2, -0.15) is 0 Å². The maximum Gasteiger partial charge on any atom is 0.0540 e. The fourth-order valence-corrected chi connectivity index (χ4v) is 8.92. The van der Waals surface area contributed by atoms with Gasteiger partial charge >= 0.3 is 0 Å². The van der Waals surface area contributed by atoms with Gasteiger partial charge in [0.2, 0.25) is 0 Å². The van der Waals surface area contributed by atoms with Gasteiger partial charge in [0.15, 0.2) is 0 Å². The molecule has 0 fully saturated rings. The Morgan fingerprint density at radius 2 is 0.870 bits per heavy atom. The first kappa shape index (κ1) is 32.0. The minimum Gasteiger partial charge on any atom is -0.310 e. The summed E-state index contributed by atoms with van der Waals surface area (Å²) in [7, 11) is 0. The number of hydrogen-bond donors (Lipinski definition) is 0. The van der Waals surface area contributed by atoms with E-state index in [0.717, 1.165) is 17.1 Å². The Bertz CT molecular complexity index is 2910. The van der Waals surface area contributed by atoms with E-state index in [-0.39, 0.29) is 0 Å². The predicted molar refractivity (Wildman–Crippen MR) is 233 cm³/mol. The number of nitrogens with zero attached hydrogens (tertiary/aromatic N) is 1. The summed E-state index contributed by atoms with van der Waals surface area (Å²) < 4.78 is 2.63. The van der Waals surface area contributed by atoms with Gasteiger partial charge in [0.05, 0.1) is 5.69 Å². The molecule has 0 aliphatic heterocycles. The fourth-order valence-electron chi connectivity index (χ4n) is 7.80. The molecule has 54 heavy (non-hydrogen) atoms. The Hall–Kier alpha value is -6.74. The molecule has 254 valence electrons. The first-order chi connectivity index (χ1) is 26.8. The molecule has 0 aliphatic rings. The van der Waals surface area contributed by atoms with Crippen molar-refractivity contribution in [3.63, 3.8) is 0 Å². The molecule has 0 saturated carbocycles. The third-order valence-corrected chi connectivity index (χ3v) is 11.6. The molecule has 9 aromatic carbocycles. The summed E-state index contributed by atoms with van der Waals surface area (Å²) in [6, 6.07) is 77.2. The summed E-state index contributed by atoms with van der Waals surface area (Å²) in [6.45, 7) is 0. The van der Waals surface area contributed by atoms with Gasteiger partial charge < -0.3 is 4.90 Å². The normalized spacial score (nSPS) is 11.3. The van der Waals surface area contributed by atoms with Gasteiger partial charge in [-0.1, -0.05) is 152 Å². The van der Waals surface area contributed by atoms with E-state index in [1.165, 1.54) is 75.5 Å². The Kier molecular flexibility index (Phi) is 8.09. The van der Waals surface area contributed by atoms with Crippen molar-refractivity contribution < 1.29 is 0 Å². The highest BCUT2D eigenvalue weighted by Crippen LogP contribution is 2.46. The first-order valence-corrected chi connectivity index (χ1v) is 19.2. The molecule has 0 spiro atoms. The number of benzene rings is 9. The minimum atomic E-state index is 1.10. The molecule has 0 aliphatic carbocycles. The highest BCUT2D eigenvalue weighted by molar-refractivity contribution is 7.25. The molecule has 0 saturated heterocycles. The van der Waals surface area contributed by atoms with E-state index in [0.29, 0.717) is 0 Å². The van der Waals surface area contributed by atoms with Crippen LogP contribution in [-0.2, 0) is 0 Å². The van der Waals surface area contributed by atoms with Crippen molar-refractivity contribution in [3.05, 3.63) is 212 Å². The van der Waals surface area contributed by atoms with Gasteiger partial charge in [0.25, 0.3) is 0 Å². The van der Waals surface area contributed by atoms with Crippen LogP contribution < -0.4 is 4.90 Å². The smallest absolute Gasteiger partial charge is 0.0540 e. The standard InChI is InChI=1S/C52H35NS/c1-5-15-36(16-6-1)41-25-29-50(47(31-41)38-19-9-3-10-20-38)53(43-23-11-4-12-24-43)44-27-28-45(46(35-44)37-17-7-2-8-18-37)42-26-30-51-48(33-42)49-32-39-21-13-14-22-40(39)34-52(49)54-51/h1-35H. The van der Waals surface area contributed by atoms with E-state index in [2.05, 4.69) is 217 Å². The molecule has 2 heteroatoms. The second kappa shape index (κ2) is 13.7. The van der Waals surface area contributed by atoms with Crippen LogP contribution in [0.3, 0.4) is 0 Å². The van der Waals surface area contributed by atoms with Gasteiger partial charge in [0, 0.05) is 37.1 Å². The highest BCUT2D eigenvalue weighted by atomic mass is 32.1. The zero-order valence-corrected chi connectivity index (χ0v) is 30.4. The lowest BCUT2D eigenvalue weighted by Gasteiger charge is -2.29. The van der Waals surface area contributed by atoms with Crippen molar-refractivity contribution in [2.45, 2.75) is 0 Å². The van der Waals surface area contributed by atoms with Crippen LogP contribution in [0.2, 0.25) is 0 Å². The van der Waals surface area contributed by atoms with Crippen molar-refractivity contribution in [1.82, 2.24) is 0 Å². The quantitative estimate of drug-likeness (QED) is 0.160. The molecule has 0 N–H and O–H groups in total. The van der Waals surface area contributed by atoms with E-state index in [1.54, 1.807) is 0 Å². The SMILES string of the molecule is c1ccc(-c2ccc(N(c3ccccc3)c3ccc(-c4ccc5sc6cc7ccccc7cc6c5c4)c(-c4ccccc4)c3)c(-c3ccccc3)c2)cc1.